The quantitative estimate of drug-likeness (QED) is 0.816. The molecule has 132 valence electrons. The minimum atomic E-state index is -1.23. The number of amides is 2. The highest BCUT2D eigenvalue weighted by Crippen LogP contribution is 2.28. The molecule has 0 fully saturated rings. The molecule has 0 saturated heterocycles. The predicted molar refractivity (Wildman–Crippen MR) is 99.9 cm³/mol. The van der Waals surface area contributed by atoms with E-state index in [0.717, 1.165) is 5.69 Å². The summed E-state index contributed by atoms with van der Waals surface area (Å²) in [4.78, 5) is 27.4. The summed E-state index contributed by atoms with van der Waals surface area (Å²) in [5.41, 5.74) is 0.0824. The lowest BCUT2D eigenvalue weighted by Crippen LogP contribution is -2.47. The monoisotopic (exact) mass is 340 g/mol. The van der Waals surface area contributed by atoms with Gasteiger partial charge in [0, 0.05) is 12.2 Å². The van der Waals surface area contributed by atoms with E-state index in [9.17, 15) is 9.59 Å². The minimum Gasteiger partial charge on any atom is -0.495 e. The molecule has 5 nitrogen and oxygen atoms in total. The van der Waals surface area contributed by atoms with Crippen LogP contribution in [0.4, 0.5) is 11.4 Å². The summed E-state index contributed by atoms with van der Waals surface area (Å²) in [5, 5.41) is 2.80. The first-order valence-electron chi connectivity index (χ1n) is 8.23. The van der Waals surface area contributed by atoms with Crippen LogP contribution in [0.25, 0.3) is 0 Å². The lowest BCUT2D eigenvalue weighted by atomic mass is 9.89. The number of nitrogens with zero attached hydrogens (tertiary/aromatic N) is 1. The third kappa shape index (κ3) is 3.99. The molecule has 2 aromatic carbocycles. The van der Waals surface area contributed by atoms with Crippen LogP contribution < -0.4 is 15.0 Å². The van der Waals surface area contributed by atoms with Gasteiger partial charge in [0.25, 0.3) is 0 Å². The first-order valence-corrected chi connectivity index (χ1v) is 8.23. The van der Waals surface area contributed by atoms with Crippen molar-refractivity contribution in [2.24, 2.45) is 5.41 Å². The summed E-state index contributed by atoms with van der Waals surface area (Å²) in [6, 6.07) is 16.5. The van der Waals surface area contributed by atoms with Gasteiger partial charge in [0.2, 0.25) is 11.8 Å². The Hall–Kier alpha value is -2.82. The van der Waals surface area contributed by atoms with Gasteiger partial charge in [0.15, 0.2) is 0 Å². The third-order valence-electron chi connectivity index (χ3n) is 4.09. The van der Waals surface area contributed by atoms with E-state index in [4.69, 9.17) is 4.74 Å². The van der Waals surface area contributed by atoms with Crippen LogP contribution in [-0.4, -0.2) is 25.5 Å². The molecule has 2 amide bonds. The fourth-order valence-corrected chi connectivity index (χ4v) is 2.51. The van der Waals surface area contributed by atoms with Crippen LogP contribution in [0.15, 0.2) is 54.6 Å². The molecule has 0 aliphatic carbocycles. The Kier molecular flexibility index (Phi) is 5.80. The van der Waals surface area contributed by atoms with Gasteiger partial charge in [-0.25, -0.2) is 0 Å². The smallest absolute Gasteiger partial charge is 0.242 e. The van der Waals surface area contributed by atoms with Crippen LogP contribution in [0, 0.1) is 5.41 Å². The van der Waals surface area contributed by atoms with Crippen molar-refractivity contribution < 1.29 is 14.3 Å². The van der Waals surface area contributed by atoms with Crippen molar-refractivity contribution in [3.63, 3.8) is 0 Å². The van der Waals surface area contributed by atoms with E-state index in [2.05, 4.69) is 5.32 Å². The Morgan fingerprint density at radius 3 is 2.24 bits per heavy atom. The average molecular weight is 340 g/mol. The van der Waals surface area contributed by atoms with Crippen molar-refractivity contribution in [2.45, 2.75) is 20.8 Å². The number of carbonyl (C=O) groups is 2. The Morgan fingerprint density at radius 2 is 1.64 bits per heavy atom. The number of methoxy groups -OCH3 is 1. The second-order valence-corrected chi connectivity index (χ2v) is 6.16. The van der Waals surface area contributed by atoms with Crippen molar-refractivity contribution in [3.8, 4) is 5.75 Å². The van der Waals surface area contributed by atoms with Crippen molar-refractivity contribution in [2.75, 3.05) is 23.9 Å². The Labute approximate surface area is 148 Å². The standard InChI is InChI=1S/C20H24N2O3/c1-5-22(15-11-7-6-8-12-15)19(24)20(2,3)18(23)21-16-13-9-10-14-17(16)25-4/h6-14H,5H2,1-4H3,(H,21,23). The van der Waals surface area contributed by atoms with Crippen molar-refractivity contribution in [3.05, 3.63) is 54.6 Å². The van der Waals surface area contributed by atoms with Crippen LogP contribution in [0.3, 0.4) is 0 Å². The summed E-state index contributed by atoms with van der Waals surface area (Å²) in [5.74, 6) is -0.0838. The second-order valence-electron chi connectivity index (χ2n) is 6.16. The predicted octanol–water partition coefficient (Wildman–Crippen LogP) is 3.71. The number of nitrogens with one attached hydrogen (secondary N) is 1. The molecule has 0 aliphatic heterocycles. The number of carbonyl (C=O) groups excluding carboxylic acids is 2. The Bertz CT molecular complexity index is 742. The van der Waals surface area contributed by atoms with Crippen molar-refractivity contribution >= 4 is 23.2 Å². The van der Waals surface area contributed by atoms with Crippen LogP contribution in [0.2, 0.25) is 0 Å². The molecule has 0 aliphatic rings. The maximum absolute atomic E-state index is 13.0. The molecule has 1 N–H and O–H groups in total. The highest BCUT2D eigenvalue weighted by Gasteiger charge is 2.39. The van der Waals surface area contributed by atoms with Crippen LogP contribution in [0.5, 0.6) is 5.75 Å². The number of para-hydroxylation sites is 3. The number of hydrogen-bond acceptors (Lipinski definition) is 3. The SMILES string of the molecule is CCN(C(=O)C(C)(C)C(=O)Nc1ccccc1OC)c1ccccc1. The number of benzene rings is 2. The molecule has 25 heavy (non-hydrogen) atoms. The van der Waals surface area contributed by atoms with Crippen LogP contribution in [0.1, 0.15) is 20.8 Å². The molecule has 0 aromatic heterocycles. The number of anilines is 2. The maximum atomic E-state index is 13.0. The van der Waals surface area contributed by atoms with Gasteiger partial charge in [0.1, 0.15) is 11.2 Å². The zero-order valence-corrected chi connectivity index (χ0v) is 15.1. The normalized spacial score (nSPS) is 10.9. The lowest BCUT2D eigenvalue weighted by Gasteiger charge is -2.30. The topological polar surface area (TPSA) is 58.6 Å². The van der Waals surface area contributed by atoms with E-state index in [1.165, 1.54) is 7.11 Å². The molecule has 0 heterocycles. The summed E-state index contributed by atoms with van der Waals surface area (Å²) >= 11 is 0. The van der Waals surface area contributed by atoms with Crippen molar-refractivity contribution in [1.29, 1.82) is 0 Å². The zero-order chi connectivity index (χ0) is 18.4. The number of rotatable bonds is 6. The molecule has 0 radical (unpaired) electrons. The van der Waals surface area contributed by atoms with Crippen LogP contribution in [-0.2, 0) is 9.59 Å². The summed E-state index contributed by atoms with van der Waals surface area (Å²) in [6.45, 7) is 5.63. The first kappa shape index (κ1) is 18.5. The van der Waals surface area contributed by atoms with E-state index in [1.807, 2.05) is 43.3 Å². The van der Waals surface area contributed by atoms with E-state index in [0.29, 0.717) is 18.0 Å². The van der Waals surface area contributed by atoms with E-state index < -0.39 is 5.41 Å². The van der Waals surface area contributed by atoms with Crippen molar-refractivity contribution in [1.82, 2.24) is 0 Å². The number of ether oxygens (including phenoxy) is 1. The molecule has 0 spiro atoms. The lowest BCUT2D eigenvalue weighted by molar-refractivity contribution is -0.136. The molecule has 0 saturated carbocycles. The fraction of sp³-hybridized carbons (Fsp3) is 0.300. The highest BCUT2D eigenvalue weighted by molar-refractivity contribution is 6.15. The van der Waals surface area contributed by atoms with Gasteiger partial charge < -0.3 is 15.0 Å². The van der Waals surface area contributed by atoms with Gasteiger partial charge in [-0.05, 0) is 45.0 Å². The summed E-state index contributed by atoms with van der Waals surface area (Å²) < 4.78 is 5.25. The molecule has 0 bridgehead atoms. The molecule has 2 aromatic rings. The van der Waals surface area contributed by atoms with E-state index in [-0.39, 0.29) is 11.8 Å². The third-order valence-corrected chi connectivity index (χ3v) is 4.09. The molecule has 0 atom stereocenters. The summed E-state index contributed by atoms with van der Waals surface area (Å²) in [6.07, 6.45) is 0. The molecule has 0 unspecified atom stereocenters. The molecular weight excluding hydrogens is 316 g/mol. The fourth-order valence-electron chi connectivity index (χ4n) is 2.51. The Morgan fingerprint density at radius 1 is 1.04 bits per heavy atom. The van der Waals surface area contributed by atoms with Gasteiger partial charge in [-0.3, -0.25) is 9.59 Å². The Balaban J connectivity index is 2.23. The molecule has 2 rings (SSSR count). The van der Waals surface area contributed by atoms with Gasteiger partial charge >= 0.3 is 0 Å². The highest BCUT2D eigenvalue weighted by atomic mass is 16.5. The average Bonchev–Trinajstić information content (AvgIpc) is 2.63. The largest absolute Gasteiger partial charge is 0.495 e. The maximum Gasteiger partial charge on any atom is 0.242 e. The van der Waals surface area contributed by atoms with Crippen LogP contribution >= 0.6 is 0 Å². The van der Waals surface area contributed by atoms with Gasteiger partial charge in [0.05, 0.1) is 12.8 Å². The van der Waals surface area contributed by atoms with Gasteiger partial charge in [-0.2, -0.15) is 0 Å². The summed E-state index contributed by atoms with van der Waals surface area (Å²) in [7, 11) is 1.54. The van der Waals surface area contributed by atoms with E-state index in [1.54, 1.807) is 36.9 Å². The number of hydrogen-bond donors (Lipinski definition) is 1. The first-order chi connectivity index (χ1) is 11.9. The van der Waals surface area contributed by atoms with Gasteiger partial charge in [-0.15, -0.1) is 0 Å². The zero-order valence-electron chi connectivity index (χ0n) is 15.1. The van der Waals surface area contributed by atoms with Gasteiger partial charge in [-0.1, -0.05) is 30.3 Å². The second kappa shape index (κ2) is 7.83. The molecular formula is C20H24N2O3. The van der Waals surface area contributed by atoms with E-state index >= 15 is 0 Å². The molecule has 5 heteroatoms. The minimum absolute atomic E-state index is 0.256.